The molecule has 0 amide bonds. The van der Waals surface area contributed by atoms with Crippen molar-refractivity contribution in [2.45, 2.75) is 162 Å². The monoisotopic (exact) mass is 612 g/mol. The van der Waals surface area contributed by atoms with Crippen molar-refractivity contribution < 1.29 is 34.9 Å². The van der Waals surface area contributed by atoms with Crippen LogP contribution in [0.15, 0.2) is 48.6 Å². The number of carbonyl (C=O) groups is 2. The minimum absolute atomic E-state index is 0.272. The van der Waals surface area contributed by atoms with Gasteiger partial charge in [0.05, 0.1) is 0 Å². The van der Waals surface area contributed by atoms with E-state index < -0.39 is 11.9 Å². The summed E-state index contributed by atoms with van der Waals surface area (Å²) < 4.78 is 0.362. The quantitative estimate of drug-likeness (QED) is 0.0290. The molecule has 0 rings (SSSR count). The van der Waals surface area contributed by atoms with Crippen LogP contribution in [0.5, 0.6) is 0 Å². The van der Waals surface area contributed by atoms with E-state index in [-0.39, 0.29) is 6.42 Å². The summed E-state index contributed by atoms with van der Waals surface area (Å²) in [6.45, 7) is 4.47. The molecule has 0 aromatic rings. The van der Waals surface area contributed by atoms with E-state index in [4.69, 9.17) is 9.78 Å². The van der Waals surface area contributed by atoms with E-state index in [1.807, 2.05) is 0 Å². The molecule has 0 spiro atoms. The first-order valence-electron chi connectivity index (χ1n) is 16.6. The molecule has 0 fully saturated rings. The van der Waals surface area contributed by atoms with Crippen LogP contribution in [0.2, 0.25) is 0 Å². The van der Waals surface area contributed by atoms with Gasteiger partial charge in [0.25, 0.3) is 0 Å². The van der Waals surface area contributed by atoms with Gasteiger partial charge in [-0.05, 0) is 32.1 Å². The Bertz CT molecular complexity index is 751. The molecule has 0 radical (unpaired) electrons. The number of hydrogen-bond donors (Lipinski definition) is 0. The minimum atomic E-state index is -0.635. The van der Waals surface area contributed by atoms with Crippen molar-refractivity contribution in [2.24, 2.45) is 0 Å². The molecule has 0 aromatic heterocycles. The molecule has 0 heterocycles. The molecular formula is C36H60FeO4+. The van der Waals surface area contributed by atoms with Crippen LogP contribution in [0.4, 0.5) is 0 Å². The van der Waals surface area contributed by atoms with Crippen molar-refractivity contribution in [3.63, 3.8) is 0 Å². The molecule has 41 heavy (non-hydrogen) atoms. The van der Waals surface area contributed by atoms with Gasteiger partial charge in [0, 0.05) is 0 Å². The number of unbranched alkanes of at least 4 members (excludes halogenated alkanes) is 15. The number of rotatable bonds is 28. The van der Waals surface area contributed by atoms with Crippen molar-refractivity contribution in [1.82, 2.24) is 0 Å². The molecular weight excluding hydrogens is 552 g/mol. The zero-order valence-corrected chi connectivity index (χ0v) is 27.5. The summed E-state index contributed by atoms with van der Waals surface area (Å²) in [6.07, 6.45) is 42.8. The Morgan fingerprint density at radius 3 is 1.34 bits per heavy atom. The average molecular weight is 613 g/mol. The minimum Gasteiger partial charge on any atom is -0.0654 e. The second kappa shape index (κ2) is 32.8. The number of allylic oxidation sites excluding steroid dienone is 8. The number of carbonyl (C=O) groups excluding carboxylic acids is 2. The fourth-order valence-electron chi connectivity index (χ4n) is 4.26. The molecule has 0 aliphatic rings. The molecule has 0 saturated carbocycles. The second-order valence-electron chi connectivity index (χ2n) is 10.8. The van der Waals surface area contributed by atoms with Crippen molar-refractivity contribution in [3.8, 4) is 0 Å². The summed E-state index contributed by atoms with van der Waals surface area (Å²) in [7, 11) is 0. The molecule has 0 bridgehead atoms. The molecule has 0 aromatic carbocycles. The topological polar surface area (TPSA) is 52.6 Å². The molecule has 235 valence electrons. The fraction of sp³-hybridized carbons (Fsp3) is 0.694. The normalized spacial score (nSPS) is 11.9. The van der Waals surface area contributed by atoms with Crippen molar-refractivity contribution >= 4 is 16.4 Å². The van der Waals surface area contributed by atoms with Gasteiger partial charge in [-0.15, -0.1) is 0 Å². The van der Waals surface area contributed by atoms with Gasteiger partial charge in [-0.3, -0.25) is 0 Å². The molecule has 0 aliphatic heterocycles. The van der Waals surface area contributed by atoms with Crippen molar-refractivity contribution in [2.75, 3.05) is 0 Å². The van der Waals surface area contributed by atoms with Crippen LogP contribution >= 0.6 is 0 Å². The second-order valence-corrected chi connectivity index (χ2v) is 11.5. The maximum absolute atomic E-state index is 12.0. The molecule has 0 saturated heterocycles. The van der Waals surface area contributed by atoms with Crippen LogP contribution < -0.4 is 0 Å². The van der Waals surface area contributed by atoms with Crippen LogP contribution in [0.1, 0.15) is 162 Å². The first kappa shape index (κ1) is 39.3. The van der Waals surface area contributed by atoms with Gasteiger partial charge >= 0.3 is 165 Å². The fourth-order valence-corrected chi connectivity index (χ4v) is 4.50. The van der Waals surface area contributed by atoms with Crippen molar-refractivity contribution in [3.05, 3.63) is 48.6 Å². The Hall–Kier alpha value is -1.71. The van der Waals surface area contributed by atoms with E-state index >= 15 is 0 Å². The maximum atomic E-state index is 12.0. The van der Waals surface area contributed by atoms with Gasteiger partial charge in [-0.2, -0.15) is 0 Å². The van der Waals surface area contributed by atoms with Gasteiger partial charge < -0.3 is 0 Å². The van der Waals surface area contributed by atoms with Crippen molar-refractivity contribution in [1.29, 1.82) is 0 Å². The van der Waals surface area contributed by atoms with Gasteiger partial charge in [0.1, 0.15) is 0 Å². The van der Waals surface area contributed by atoms with Gasteiger partial charge in [0.15, 0.2) is 0 Å². The third kappa shape index (κ3) is 31.1. The predicted octanol–water partition coefficient (Wildman–Crippen LogP) is 10.9. The standard InChI is InChI=1S/C36H60O4.Fe/c1-3-5-7-9-11-13-15-17-19-21-23-25-27-29-31-33-35(37)39-40-36(38)34-32-30-28-26-24-22-20-18-16-14-12-10-8-6-4-2;/h11-14,17-20H,3-10,15-16,21-33H2,1-2H3;/q;+1/b13-11-,14-12-,19-17-,20-18-;. The smallest absolute Gasteiger partial charge is 0.0654 e. The molecule has 0 N–H and O–H groups in total. The summed E-state index contributed by atoms with van der Waals surface area (Å²) in [6, 6.07) is 0. The molecule has 0 unspecified atom stereocenters. The Morgan fingerprint density at radius 1 is 0.488 bits per heavy atom. The molecule has 0 aliphatic carbocycles. The predicted molar refractivity (Wildman–Crippen MR) is 171 cm³/mol. The molecule has 0 atom stereocenters. The van der Waals surface area contributed by atoms with Gasteiger partial charge in [-0.1, -0.05) is 63.8 Å². The van der Waals surface area contributed by atoms with E-state index in [9.17, 15) is 9.59 Å². The summed E-state index contributed by atoms with van der Waals surface area (Å²) in [5, 5.41) is 0. The van der Waals surface area contributed by atoms with E-state index in [0.717, 1.165) is 77.0 Å². The SMILES string of the molecule is CCCCC/C=C\C/C=C\CCCCCCCC(=O)OOC(=O)[C](=[Fe+])CCCCCC/C=C\C/C=C\CCCCC. The first-order chi connectivity index (χ1) is 20.1. The van der Waals surface area contributed by atoms with E-state index in [1.54, 1.807) is 0 Å². The Kier molecular flexibility index (Phi) is 31.4. The Balaban J connectivity index is 3.56. The molecule has 5 heteroatoms. The van der Waals surface area contributed by atoms with Crippen LogP contribution in [0.3, 0.4) is 0 Å². The van der Waals surface area contributed by atoms with Crippen LogP contribution in [0, 0.1) is 0 Å². The van der Waals surface area contributed by atoms with Crippen LogP contribution in [0.25, 0.3) is 0 Å². The Labute approximate surface area is 260 Å². The third-order valence-corrected chi connectivity index (χ3v) is 7.35. The summed E-state index contributed by atoms with van der Waals surface area (Å²) in [4.78, 5) is 33.2. The zero-order valence-electron chi connectivity index (χ0n) is 26.4. The zero-order chi connectivity index (χ0) is 30.1. The van der Waals surface area contributed by atoms with E-state index in [1.165, 1.54) is 57.8 Å². The van der Waals surface area contributed by atoms with Gasteiger partial charge in [0.2, 0.25) is 0 Å². The van der Waals surface area contributed by atoms with Crippen LogP contribution in [-0.4, -0.2) is 16.4 Å². The first-order valence-corrected chi connectivity index (χ1v) is 17.2. The van der Waals surface area contributed by atoms with E-state index in [0.29, 0.717) is 10.8 Å². The summed E-state index contributed by atoms with van der Waals surface area (Å²) in [5.74, 6) is -1.12. The molecule has 4 nitrogen and oxygen atoms in total. The number of hydrogen-bond acceptors (Lipinski definition) is 4. The van der Waals surface area contributed by atoms with Gasteiger partial charge in [-0.25, -0.2) is 0 Å². The summed E-state index contributed by atoms with van der Waals surface area (Å²) >= 11 is 3.79. The van der Waals surface area contributed by atoms with E-state index in [2.05, 4.69) is 78.0 Å². The average Bonchev–Trinajstić information content (AvgIpc) is 2.97. The van der Waals surface area contributed by atoms with Crippen LogP contribution in [-0.2, 0) is 34.9 Å². The summed E-state index contributed by atoms with van der Waals surface area (Å²) in [5.41, 5.74) is 0. The Morgan fingerprint density at radius 2 is 0.878 bits per heavy atom. The third-order valence-electron chi connectivity index (χ3n) is 6.85.